The van der Waals surface area contributed by atoms with Crippen LogP contribution in [0.2, 0.25) is 0 Å². The van der Waals surface area contributed by atoms with Gasteiger partial charge in [0.05, 0.1) is 36.0 Å². The lowest BCUT2D eigenvalue weighted by Crippen LogP contribution is -2.15. The molecule has 3 aromatic rings. The third kappa shape index (κ3) is 5.02. The van der Waals surface area contributed by atoms with Crippen molar-refractivity contribution in [2.45, 2.75) is 11.3 Å². The summed E-state index contributed by atoms with van der Waals surface area (Å²) in [6.45, 7) is 0. The predicted octanol–water partition coefficient (Wildman–Crippen LogP) is 2.53. The van der Waals surface area contributed by atoms with Crippen molar-refractivity contribution < 1.29 is 17.9 Å². The molecule has 0 saturated heterocycles. The molecule has 1 amide bonds. The van der Waals surface area contributed by atoms with Crippen LogP contribution in [0.5, 0.6) is 5.75 Å². The van der Waals surface area contributed by atoms with Gasteiger partial charge in [-0.05, 0) is 36.4 Å². The number of nitrogens with one attached hydrogen (secondary N) is 2. The zero-order valence-electron chi connectivity index (χ0n) is 14.2. The zero-order chi connectivity index (χ0) is 19.3. The van der Waals surface area contributed by atoms with Crippen molar-refractivity contribution in [1.82, 2.24) is 9.97 Å². The van der Waals surface area contributed by atoms with E-state index in [0.717, 1.165) is 11.3 Å². The van der Waals surface area contributed by atoms with Gasteiger partial charge in [-0.3, -0.25) is 14.5 Å². The normalized spacial score (nSPS) is 11.0. The largest absolute Gasteiger partial charge is 0.497 e. The maximum atomic E-state index is 12.4. The molecule has 2 heterocycles. The van der Waals surface area contributed by atoms with Crippen molar-refractivity contribution in [2.24, 2.45) is 0 Å². The standard InChI is InChI=1S/C17H16N4O4S2/c1-25-14-4-6-15(7-5-14)27(23,24)21-17-20-13(11-26-17)9-16(22)19-12-3-2-8-18-10-12/h2-8,10-11H,9H2,1H3,(H,19,22)(H,20,21). The Morgan fingerprint density at radius 3 is 2.67 bits per heavy atom. The first-order valence-electron chi connectivity index (χ1n) is 7.77. The van der Waals surface area contributed by atoms with Crippen LogP contribution in [0.1, 0.15) is 5.69 Å². The predicted molar refractivity (Wildman–Crippen MR) is 102 cm³/mol. The van der Waals surface area contributed by atoms with Crippen LogP contribution in [-0.2, 0) is 21.2 Å². The van der Waals surface area contributed by atoms with Crippen LogP contribution in [0, 0.1) is 0 Å². The summed E-state index contributed by atoms with van der Waals surface area (Å²) >= 11 is 1.11. The number of anilines is 2. The third-order valence-corrected chi connectivity index (χ3v) is 5.72. The monoisotopic (exact) mass is 404 g/mol. The van der Waals surface area contributed by atoms with E-state index in [1.54, 1.807) is 35.8 Å². The maximum absolute atomic E-state index is 12.4. The Hall–Kier alpha value is -2.98. The Bertz CT molecular complexity index is 1020. The Morgan fingerprint density at radius 2 is 2.00 bits per heavy atom. The first-order chi connectivity index (χ1) is 13.0. The zero-order valence-corrected chi connectivity index (χ0v) is 15.9. The highest BCUT2D eigenvalue weighted by Gasteiger charge is 2.17. The molecule has 0 saturated carbocycles. The minimum Gasteiger partial charge on any atom is -0.497 e. The fourth-order valence-electron chi connectivity index (χ4n) is 2.17. The first-order valence-corrected chi connectivity index (χ1v) is 10.1. The van der Waals surface area contributed by atoms with E-state index < -0.39 is 10.0 Å². The summed E-state index contributed by atoms with van der Waals surface area (Å²) < 4.78 is 32.2. The average Bonchev–Trinajstić information content (AvgIpc) is 3.08. The number of hydrogen-bond donors (Lipinski definition) is 2. The van der Waals surface area contributed by atoms with Gasteiger partial charge in [0.2, 0.25) is 5.91 Å². The molecule has 0 spiro atoms. The van der Waals surface area contributed by atoms with Crippen LogP contribution in [-0.4, -0.2) is 31.4 Å². The Balaban J connectivity index is 1.63. The van der Waals surface area contributed by atoms with Crippen molar-refractivity contribution in [1.29, 1.82) is 0 Å². The number of pyridine rings is 1. The van der Waals surface area contributed by atoms with E-state index in [-0.39, 0.29) is 22.4 Å². The van der Waals surface area contributed by atoms with Crippen LogP contribution in [0.3, 0.4) is 0 Å². The average molecular weight is 404 g/mol. The van der Waals surface area contributed by atoms with Gasteiger partial charge in [-0.25, -0.2) is 13.4 Å². The molecule has 8 nitrogen and oxygen atoms in total. The summed E-state index contributed by atoms with van der Waals surface area (Å²) in [5, 5.41) is 4.52. The van der Waals surface area contributed by atoms with Crippen LogP contribution < -0.4 is 14.8 Å². The van der Waals surface area contributed by atoms with E-state index in [4.69, 9.17) is 4.74 Å². The van der Waals surface area contributed by atoms with Crippen LogP contribution in [0.25, 0.3) is 0 Å². The lowest BCUT2D eigenvalue weighted by Gasteiger charge is -2.06. The van der Waals surface area contributed by atoms with E-state index in [0.29, 0.717) is 17.1 Å². The molecule has 10 heteroatoms. The van der Waals surface area contributed by atoms with Gasteiger partial charge in [-0.15, -0.1) is 11.3 Å². The number of hydrogen-bond acceptors (Lipinski definition) is 7. The summed E-state index contributed by atoms with van der Waals surface area (Å²) in [6.07, 6.45) is 3.17. The topological polar surface area (TPSA) is 110 Å². The highest BCUT2D eigenvalue weighted by atomic mass is 32.2. The third-order valence-electron chi connectivity index (χ3n) is 3.43. The number of carbonyl (C=O) groups is 1. The minimum atomic E-state index is -3.77. The first kappa shape index (κ1) is 18.8. The number of carbonyl (C=O) groups excluding carboxylic acids is 1. The second-order valence-corrected chi connectivity index (χ2v) is 7.93. The molecule has 0 bridgehead atoms. The molecule has 3 rings (SSSR count). The number of benzene rings is 1. The summed E-state index contributed by atoms with van der Waals surface area (Å²) in [5.74, 6) is 0.294. The Labute approximate surface area is 160 Å². The van der Waals surface area contributed by atoms with E-state index in [2.05, 4.69) is 20.0 Å². The lowest BCUT2D eigenvalue weighted by molar-refractivity contribution is -0.115. The van der Waals surface area contributed by atoms with E-state index in [1.165, 1.54) is 25.4 Å². The molecule has 0 aliphatic rings. The van der Waals surface area contributed by atoms with Crippen LogP contribution in [0.15, 0.2) is 59.1 Å². The molecule has 2 aromatic heterocycles. The second-order valence-electron chi connectivity index (χ2n) is 5.39. The fourth-order valence-corrected chi connectivity index (χ4v) is 4.13. The number of thiazole rings is 1. The van der Waals surface area contributed by atoms with E-state index in [1.807, 2.05) is 0 Å². The number of sulfonamides is 1. The summed E-state index contributed by atoms with van der Waals surface area (Å²) in [4.78, 5) is 20.2. The Kier molecular flexibility index (Phi) is 5.67. The molecule has 0 aliphatic carbocycles. The van der Waals surface area contributed by atoms with Gasteiger partial charge < -0.3 is 10.1 Å². The number of aromatic nitrogens is 2. The van der Waals surface area contributed by atoms with Crippen LogP contribution in [0.4, 0.5) is 10.8 Å². The minimum absolute atomic E-state index is 0.0235. The molecular weight excluding hydrogens is 388 g/mol. The number of nitrogens with zero attached hydrogens (tertiary/aromatic N) is 2. The van der Waals surface area contributed by atoms with Crippen molar-refractivity contribution in [2.75, 3.05) is 17.1 Å². The molecular formula is C17H16N4O4S2. The molecule has 140 valence electrons. The van der Waals surface area contributed by atoms with Crippen LogP contribution >= 0.6 is 11.3 Å². The number of ether oxygens (including phenoxy) is 1. The summed E-state index contributed by atoms with van der Waals surface area (Å²) in [6, 6.07) is 9.44. The number of amides is 1. The van der Waals surface area contributed by atoms with Gasteiger partial charge in [-0.2, -0.15) is 0 Å². The summed E-state index contributed by atoms with van der Waals surface area (Å²) in [5.41, 5.74) is 1.05. The molecule has 0 radical (unpaired) electrons. The number of rotatable bonds is 7. The smallest absolute Gasteiger partial charge is 0.263 e. The summed E-state index contributed by atoms with van der Waals surface area (Å²) in [7, 11) is -2.27. The van der Waals surface area contributed by atoms with Gasteiger partial charge in [0.15, 0.2) is 5.13 Å². The van der Waals surface area contributed by atoms with Gasteiger partial charge in [0.25, 0.3) is 10.0 Å². The SMILES string of the molecule is COc1ccc(S(=O)(=O)Nc2nc(CC(=O)Nc3cccnc3)cs2)cc1. The van der Waals surface area contributed by atoms with Crippen molar-refractivity contribution in [3.05, 3.63) is 59.9 Å². The maximum Gasteiger partial charge on any atom is 0.263 e. The van der Waals surface area contributed by atoms with Crippen molar-refractivity contribution in [3.8, 4) is 5.75 Å². The molecule has 1 aromatic carbocycles. The van der Waals surface area contributed by atoms with Gasteiger partial charge in [0, 0.05) is 11.6 Å². The van der Waals surface area contributed by atoms with E-state index in [9.17, 15) is 13.2 Å². The molecule has 0 atom stereocenters. The lowest BCUT2D eigenvalue weighted by atomic mass is 10.3. The van der Waals surface area contributed by atoms with E-state index >= 15 is 0 Å². The van der Waals surface area contributed by atoms with Crippen molar-refractivity contribution in [3.63, 3.8) is 0 Å². The fraction of sp³-hybridized carbons (Fsp3) is 0.118. The molecule has 0 unspecified atom stereocenters. The van der Waals surface area contributed by atoms with Crippen molar-refractivity contribution >= 4 is 38.1 Å². The Morgan fingerprint density at radius 1 is 1.22 bits per heavy atom. The van der Waals surface area contributed by atoms with Gasteiger partial charge in [0.1, 0.15) is 5.75 Å². The second kappa shape index (κ2) is 8.14. The molecule has 0 aliphatic heterocycles. The van der Waals surface area contributed by atoms with Gasteiger partial charge >= 0.3 is 0 Å². The molecule has 2 N–H and O–H groups in total. The highest BCUT2D eigenvalue weighted by Crippen LogP contribution is 2.22. The quantitative estimate of drug-likeness (QED) is 0.626. The number of methoxy groups -OCH3 is 1. The highest BCUT2D eigenvalue weighted by molar-refractivity contribution is 7.93. The molecule has 27 heavy (non-hydrogen) atoms. The molecule has 0 fully saturated rings. The van der Waals surface area contributed by atoms with Gasteiger partial charge in [-0.1, -0.05) is 0 Å².